The first-order chi connectivity index (χ1) is 7.15. The fourth-order valence-corrected chi connectivity index (χ4v) is 3.23. The number of aromatic nitrogens is 2. The van der Waals surface area contributed by atoms with Gasteiger partial charge < -0.3 is 5.73 Å². The van der Waals surface area contributed by atoms with E-state index < -0.39 is 0 Å². The summed E-state index contributed by atoms with van der Waals surface area (Å²) >= 11 is 0. The maximum atomic E-state index is 6.20. The molecule has 3 heteroatoms. The van der Waals surface area contributed by atoms with Gasteiger partial charge in [-0.05, 0) is 30.7 Å². The maximum absolute atomic E-state index is 6.20. The molecule has 1 saturated carbocycles. The first-order valence-corrected chi connectivity index (χ1v) is 5.89. The van der Waals surface area contributed by atoms with Gasteiger partial charge in [-0.2, -0.15) is 5.10 Å². The Balaban J connectivity index is 2.29. The van der Waals surface area contributed by atoms with Crippen LogP contribution in [0, 0.1) is 5.41 Å². The Morgan fingerprint density at radius 3 is 2.60 bits per heavy atom. The number of hydrogen-bond donors (Lipinski definition) is 1. The van der Waals surface area contributed by atoms with Crippen LogP contribution >= 0.6 is 0 Å². The third-order valence-corrected chi connectivity index (χ3v) is 4.45. The summed E-state index contributed by atoms with van der Waals surface area (Å²) in [6.45, 7) is 4.51. The largest absolute Gasteiger partial charge is 0.327 e. The minimum Gasteiger partial charge on any atom is -0.327 e. The van der Waals surface area contributed by atoms with Crippen molar-refractivity contribution in [2.75, 3.05) is 0 Å². The molecular formula is C12H21N3. The second-order valence-corrected chi connectivity index (χ2v) is 4.71. The van der Waals surface area contributed by atoms with Crippen molar-refractivity contribution in [1.82, 2.24) is 9.78 Å². The predicted octanol–water partition coefficient (Wildman–Crippen LogP) is 2.04. The zero-order valence-corrected chi connectivity index (χ0v) is 9.90. The number of hydrogen-bond acceptors (Lipinski definition) is 2. The molecule has 2 unspecified atom stereocenters. The third kappa shape index (κ3) is 1.33. The Kier molecular flexibility index (Phi) is 2.59. The summed E-state index contributed by atoms with van der Waals surface area (Å²) in [7, 11) is 2.02. The monoisotopic (exact) mass is 207 g/mol. The van der Waals surface area contributed by atoms with Gasteiger partial charge in [0.2, 0.25) is 0 Å². The normalized spacial score (nSPS) is 28.8. The van der Waals surface area contributed by atoms with Gasteiger partial charge in [0.15, 0.2) is 0 Å². The zero-order chi connectivity index (χ0) is 11.1. The second kappa shape index (κ2) is 3.63. The first kappa shape index (κ1) is 10.7. The van der Waals surface area contributed by atoms with Crippen molar-refractivity contribution in [3.8, 4) is 0 Å². The van der Waals surface area contributed by atoms with Crippen LogP contribution in [0.4, 0.5) is 0 Å². The Labute approximate surface area is 91.7 Å². The van der Waals surface area contributed by atoms with E-state index in [0.717, 1.165) is 6.42 Å². The molecule has 0 amide bonds. The van der Waals surface area contributed by atoms with Gasteiger partial charge in [-0.25, -0.2) is 0 Å². The highest BCUT2D eigenvalue weighted by atomic mass is 15.3. The summed E-state index contributed by atoms with van der Waals surface area (Å²) in [5.74, 6) is 0.606. The first-order valence-electron chi connectivity index (χ1n) is 5.89. The van der Waals surface area contributed by atoms with Gasteiger partial charge >= 0.3 is 0 Å². The highest BCUT2D eigenvalue weighted by Crippen LogP contribution is 2.56. The topological polar surface area (TPSA) is 43.8 Å². The van der Waals surface area contributed by atoms with Crippen molar-refractivity contribution in [2.45, 2.75) is 45.1 Å². The molecule has 1 heterocycles. The minimum atomic E-state index is 0.313. The molecule has 2 rings (SSSR count). The van der Waals surface area contributed by atoms with E-state index in [1.165, 1.54) is 18.5 Å². The van der Waals surface area contributed by atoms with Crippen molar-refractivity contribution >= 4 is 0 Å². The lowest BCUT2D eigenvalue weighted by molar-refractivity contribution is 0.0392. The summed E-state index contributed by atoms with van der Waals surface area (Å²) in [4.78, 5) is 0. The van der Waals surface area contributed by atoms with Crippen molar-refractivity contribution < 1.29 is 0 Å². The van der Waals surface area contributed by atoms with Gasteiger partial charge in [-0.15, -0.1) is 0 Å². The van der Waals surface area contributed by atoms with Gasteiger partial charge in [-0.3, -0.25) is 4.68 Å². The fourth-order valence-electron chi connectivity index (χ4n) is 3.23. The van der Waals surface area contributed by atoms with Gasteiger partial charge in [0, 0.05) is 30.9 Å². The van der Waals surface area contributed by atoms with E-state index in [4.69, 9.17) is 5.73 Å². The molecule has 0 aromatic carbocycles. The summed E-state index contributed by atoms with van der Waals surface area (Å²) < 4.78 is 2.00. The molecule has 0 aliphatic heterocycles. The fraction of sp³-hybridized carbons (Fsp3) is 0.750. The minimum absolute atomic E-state index is 0.313. The van der Waals surface area contributed by atoms with Crippen molar-refractivity contribution in [3.05, 3.63) is 18.0 Å². The van der Waals surface area contributed by atoms with Crippen LogP contribution in [0.15, 0.2) is 12.3 Å². The highest BCUT2D eigenvalue weighted by Gasteiger charge is 2.51. The lowest BCUT2D eigenvalue weighted by atomic mass is 9.53. The van der Waals surface area contributed by atoms with E-state index in [0.29, 0.717) is 17.4 Å². The van der Waals surface area contributed by atoms with Crippen LogP contribution in [0.5, 0.6) is 0 Å². The predicted molar refractivity (Wildman–Crippen MR) is 61.6 cm³/mol. The van der Waals surface area contributed by atoms with Gasteiger partial charge in [0.1, 0.15) is 0 Å². The van der Waals surface area contributed by atoms with Gasteiger partial charge in [-0.1, -0.05) is 13.8 Å². The molecule has 3 nitrogen and oxygen atoms in total. The molecule has 0 saturated heterocycles. The molecule has 1 aliphatic carbocycles. The average molecular weight is 207 g/mol. The van der Waals surface area contributed by atoms with Crippen LogP contribution in [0.25, 0.3) is 0 Å². The van der Waals surface area contributed by atoms with E-state index in [1.54, 1.807) is 0 Å². The lowest BCUT2D eigenvalue weighted by Crippen LogP contribution is -2.56. The van der Waals surface area contributed by atoms with Gasteiger partial charge in [0.25, 0.3) is 0 Å². The smallest absolute Gasteiger partial charge is 0.0492 e. The van der Waals surface area contributed by atoms with Crippen LogP contribution in [0.3, 0.4) is 0 Å². The second-order valence-electron chi connectivity index (χ2n) is 4.71. The van der Waals surface area contributed by atoms with E-state index in [1.807, 2.05) is 17.9 Å². The lowest BCUT2D eigenvalue weighted by Gasteiger charge is -2.54. The molecule has 84 valence electrons. The van der Waals surface area contributed by atoms with Crippen LogP contribution in [-0.4, -0.2) is 15.8 Å². The third-order valence-electron chi connectivity index (χ3n) is 4.45. The molecule has 1 aromatic heterocycles. The summed E-state index contributed by atoms with van der Waals surface area (Å²) in [6, 6.07) is 2.50. The quantitative estimate of drug-likeness (QED) is 0.824. The molecule has 1 fully saturated rings. The van der Waals surface area contributed by atoms with Crippen LogP contribution in [0.1, 0.15) is 44.7 Å². The van der Waals surface area contributed by atoms with E-state index in [2.05, 4.69) is 25.0 Å². The Hall–Kier alpha value is -0.830. The molecule has 2 atom stereocenters. The van der Waals surface area contributed by atoms with Crippen molar-refractivity contribution in [2.24, 2.45) is 18.2 Å². The van der Waals surface area contributed by atoms with E-state index in [9.17, 15) is 0 Å². The molecule has 0 bridgehead atoms. The van der Waals surface area contributed by atoms with Crippen molar-refractivity contribution in [1.29, 1.82) is 0 Å². The molecule has 15 heavy (non-hydrogen) atoms. The Morgan fingerprint density at radius 1 is 1.53 bits per heavy atom. The standard InChI is InChI=1S/C12H21N3/c1-4-12(5-2)9(8-11(12)13)10-6-7-14-15(10)3/h6-7,9,11H,4-5,8,13H2,1-3H3. The maximum Gasteiger partial charge on any atom is 0.0492 e. The molecule has 1 aromatic rings. The molecular weight excluding hydrogens is 186 g/mol. The molecule has 0 radical (unpaired) electrons. The number of nitrogens with zero attached hydrogens (tertiary/aromatic N) is 2. The van der Waals surface area contributed by atoms with E-state index >= 15 is 0 Å². The van der Waals surface area contributed by atoms with Crippen LogP contribution in [-0.2, 0) is 7.05 Å². The summed E-state index contributed by atoms with van der Waals surface area (Å²) in [5, 5.41) is 4.25. The van der Waals surface area contributed by atoms with Crippen LogP contribution < -0.4 is 5.73 Å². The average Bonchev–Trinajstić information content (AvgIpc) is 2.63. The molecule has 0 spiro atoms. The van der Waals surface area contributed by atoms with Crippen LogP contribution in [0.2, 0.25) is 0 Å². The zero-order valence-electron chi connectivity index (χ0n) is 9.90. The van der Waals surface area contributed by atoms with Crippen molar-refractivity contribution in [3.63, 3.8) is 0 Å². The Bertz CT molecular complexity index is 338. The summed E-state index contributed by atoms with van der Waals surface area (Å²) in [5.41, 5.74) is 7.86. The van der Waals surface area contributed by atoms with E-state index in [-0.39, 0.29) is 0 Å². The molecule has 1 aliphatic rings. The number of aryl methyl sites for hydroxylation is 1. The SMILES string of the molecule is CCC1(CC)C(N)CC1c1ccnn1C. The highest BCUT2D eigenvalue weighted by molar-refractivity contribution is 5.21. The number of rotatable bonds is 3. The Morgan fingerprint density at radius 2 is 2.20 bits per heavy atom. The van der Waals surface area contributed by atoms with Gasteiger partial charge in [0.05, 0.1) is 0 Å². The summed E-state index contributed by atoms with van der Waals surface area (Å²) in [6.07, 6.45) is 5.33. The molecule has 2 N–H and O–H groups in total. The number of nitrogens with two attached hydrogens (primary N) is 1.